The first kappa shape index (κ1) is 12.8. The van der Waals surface area contributed by atoms with E-state index in [0.717, 1.165) is 13.2 Å². The molecule has 8 heteroatoms. The Bertz CT molecular complexity index is 449. The van der Waals surface area contributed by atoms with Gasteiger partial charge in [0.05, 0.1) is 23.7 Å². The Morgan fingerprint density at radius 2 is 2.06 bits per heavy atom. The van der Waals surface area contributed by atoms with Crippen molar-refractivity contribution in [3.05, 3.63) is 27.8 Å². The maximum absolute atomic E-state index is 12.0. The predicted molar refractivity (Wildman–Crippen MR) is 51.7 cm³/mol. The van der Waals surface area contributed by atoms with E-state index in [1.165, 1.54) is 0 Å². The van der Waals surface area contributed by atoms with Crippen molar-refractivity contribution in [2.75, 3.05) is 7.11 Å². The Balaban J connectivity index is 3.33. The second-order valence-electron chi connectivity index (χ2n) is 2.82. The maximum Gasteiger partial charge on any atom is 0.387 e. The molecular weight excluding hydrogens is 240 g/mol. The molecule has 1 aromatic carbocycles. The van der Waals surface area contributed by atoms with Gasteiger partial charge in [0, 0.05) is 6.07 Å². The van der Waals surface area contributed by atoms with Gasteiger partial charge < -0.3 is 9.47 Å². The summed E-state index contributed by atoms with van der Waals surface area (Å²) >= 11 is 0. The average Bonchev–Trinajstić information content (AvgIpc) is 2.27. The molecule has 0 saturated heterocycles. The van der Waals surface area contributed by atoms with Crippen LogP contribution < -0.4 is 9.47 Å². The monoisotopic (exact) mass is 247 g/mol. The number of alkyl halides is 2. The molecule has 0 N–H and O–H groups in total. The average molecular weight is 247 g/mol. The highest BCUT2D eigenvalue weighted by Crippen LogP contribution is 2.34. The van der Waals surface area contributed by atoms with Crippen LogP contribution >= 0.6 is 0 Å². The zero-order chi connectivity index (χ0) is 13.0. The molecule has 0 aromatic heterocycles. The van der Waals surface area contributed by atoms with Crippen LogP contribution in [-0.4, -0.2) is 24.9 Å². The van der Waals surface area contributed by atoms with Crippen LogP contribution in [0.3, 0.4) is 0 Å². The highest BCUT2D eigenvalue weighted by molar-refractivity contribution is 5.83. The highest BCUT2D eigenvalue weighted by atomic mass is 19.3. The zero-order valence-corrected chi connectivity index (χ0v) is 8.55. The topological polar surface area (TPSA) is 78.7 Å². The van der Waals surface area contributed by atoms with Crippen LogP contribution in [0.15, 0.2) is 12.1 Å². The smallest absolute Gasteiger partial charge is 0.387 e. The molecule has 0 bridgehead atoms. The summed E-state index contributed by atoms with van der Waals surface area (Å²) in [7, 11) is 1.16. The number of nitro benzene ring substituents is 1. The lowest BCUT2D eigenvalue weighted by molar-refractivity contribution is -0.385. The van der Waals surface area contributed by atoms with Gasteiger partial charge in [0.15, 0.2) is 17.8 Å². The van der Waals surface area contributed by atoms with Crippen LogP contribution in [0, 0.1) is 10.1 Å². The van der Waals surface area contributed by atoms with E-state index in [9.17, 15) is 23.7 Å². The van der Waals surface area contributed by atoms with Crippen molar-refractivity contribution in [1.29, 1.82) is 0 Å². The number of ether oxygens (including phenoxy) is 2. The van der Waals surface area contributed by atoms with E-state index in [2.05, 4.69) is 9.47 Å². The quantitative estimate of drug-likeness (QED) is 0.451. The van der Waals surface area contributed by atoms with E-state index in [0.29, 0.717) is 6.07 Å². The van der Waals surface area contributed by atoms with E-state index in [1.807, 2.05) is 0 Å². The minimum atomic E-state index is -3.15. The molecule has 0 heterocycles. The van der Waals surface area contributed by atoms with Gasteiger partial charge in [-0.2, -0.15) is 8.78 Å². The maximum atomic E-state index is 12.0. The molecule has 0 spiro atoms. The molecule has 0 aliphatic carbocycles. The number of nitrogens with zero attached hydrogens (tertiary/aromatic N) is 1. The first-order valence-electron chi connectivity index (χ1n) is 4.26. The van der Waals surface area contributed by atoms with Gasteiger partial charge in [-0.25, -0.2) is 0 Å². The van der Waals surface area contributed by atoms with Gasteiger partial charge in [-0.15, -0.1) is 0 Å². The first-order chi connectivity index (χ1) is 7.99. The van der Waals surface area contributed by atoms with Gasteiger partial charge in [0.25, 0.3) is 5.69 Å². The minimum absolute atomic E-state index is 0.182. The third-order valence-electron chi connectivity index (χ3n) is 1.85. The second-order valence-corrected chi connectivity index (χ2v) is 2.82. The summed E-state index contributed by atoms with van der Waals surface area (Å²) in [5.74, 6) is -0.683. The summed E-state index contributed by atoms with van der Waals surface area (Å²) in [6, 6.07) is 1.68. The fourth-order valence-electron chi connectivity index (χ4n) is 1.17. The molecule has 92 valence electrons. The molecule has 0 unspecified atom stereocenters. The van der Waals surface area contributed by atoms with Crippen molar-refractivity contribution >= 4 is 12.0 Å². The number of nitro groups is 1. The van der Waals surface area contributed by atoms with E-state index >= 15 is 0 Å². The summed E-state index contributed by atoms with van der Waals surface area (Å²) < 4.78 is 32.8. The fraction of sp³-hybridized carbons (Fsp3) is 0.222. The number of rotatable bonds is 5. The van der Waals surface area contributed by atoms with Crippen molar-refractivity contribution in [3.8, 4) is 11.5 Å². The lowest BCUT2D eigenvalue weighted by Crippen LogP contribution is -2.05. The molecule has 0 fully saturated rings. The minimum Gasteiger partial charge on any atom is -0.493 e. The molecule has 17 heavy (non-hydrogen) atoms. The lowest BCUT2D eigenvalue weighted by Gasteiger charge is -2.10. The highest BCUT2D eigenvalue weighted by Gasteiger charge is 2.21. The van der Waals surface area contributed by atoms with Crippen LogP contribution in [0.4, 0.5) is 14.5 Å². The third-order valence-corrected chi connectivity index (χ3v) is 1.85. The van der Waals surface area contributed by atoms with Crippen molar-refractivity contribution in [3.63, 3.8) is 0 Å². The van der Waals surface area contributed by atoms with E-state index in [-0.39, 0.29) is 17.6 Å². The van der Waals surface area contributed by atoms with Crippen LogP contribution in [-0.2, 0) is 0 Å². The number of halogens is 2. The van der Waals surface area contributed by atoms with E-state index in [4.69, 9.17) is 0 Å². The lowest BCUT2D eigenvalue weighted by atomic mass is 10.1. The van der Waals surface area contributed by atoms with Gasteiger partial charge in [-0.3, -0.25) is 14.9 Å². The normalized spacial score (nSPS) is 10.1. The van der Waals surface area contributed by atoms with Crippen molar-refractivity contribution in [2.24, 2.45) is 0 Å². The summed E-state index contributed by atoms with van der Waals surface area (Å²) in [6.07, 6.45) is 0.229. The number of aldehydes is 1. The molecule has 0 aliphatic rings. The number of hydrogen-bond acceptors (Lipinski definition) is 5. The number of hydrogen-bond donors (Lipinski definition) is 0. The molecule has 1 rings (SSSR count). The summed E-state index contributed by atoms with van der Waals surface area (Å²) in [5, 5.41) is 10.6. The zero-order valence-electron chi connectivity index (χ0n) is 8.55. The third kappa shape index (κ3) is 2.86. The van der Waals surface area contributed by atoms with Crippen molar-refractivity contribution < 1.29 is 28.0 Å². The number of carbonyl (C=O) groups is 1. The van der Waals surface area contributed by atoms with Crippen LogP contribution in [0.25, 0.3) is 0 Å². The Labute approximate surface area is 93.9 Å². The fourth-order valence-corrected chi connectivity index (χ4v) is 1.17. The predicted octanol–water partition coefficient (Wildman–Crippen LogP) is 2.02. The Hall–Kier alpha value is -2.25. The molecule has 0 amide bonds. The van der Waals surface area contributed by atoms with Crippen LogP contribution in [0.2, 0.25) is 0 Å². The van der Waals surface area contributed by atoms with Gasteiger partial charge in [0.1, 0.15) is 0 Å². The number of methoxy groups -OCH3 is 1. The standard InChI is InChI=1S/C9H7F2NO5/c1-16-7-2-5(4-13)6(12(14)15)3-8(7)17-9(10)11/h2-4,9H,1H3. The Kier molecular flexibility index (Phi) is 3.91. The van der Waals surface area contributed by atoms with E-state index < -0.39 is 23.0 Å². The van der Waals surface area contributed by atoms with Gasteiger partial charge >= 0.3 is 6.61 Å². The molecule has 0 radical (unpaired) electrons. The van der Waals surface area contributed by atoms with Crippen molar-refractivity contribution in [1.82, 2.24) is 0 Å². The molecule has 1 aromatic rings. The summed E-state index contributed by atoms with van der Waals surface area (Å²) in [4.78, 5) is 20.3. The largest absolute Gasteiger partial charge is 0.493 e. The Morgan fingerprint density at radius 1 is 1.41 bits per heavy atom. The number of benzene rings is 1. The molecule has 0 saturated carbocycles. The first-order valence-corrected chi connectivity index (χ1v) is 4.26. The molecule has 0 aliphatic heterocycles. The van der Waals surface area contributed by atoms with Gasteiger partial charge in [0.2, 0.25) is 0 Å². The van der Waals surface area contributed by atoms with Gasteiger partial charge in [-0.1, -0.05) is 0 Å². The summed E-state index contributed by atoms with van der Waals surface area (Å²) in [5.41, 5.74) is -0.912. The molecule has 6 nitrogen and oxygen atoms in total. The van der Waals surface area contributed by atoms with Crippen LogP contribution in [0.1, 0.15) is 10.4 Å². The SMILES string of the molecule is COc1cc(C=O)c([N+](=O)[O-])cc1OC(F)F. The number of carbonyl (C=O) groups excluding carboxylic acids is 1. The van der Waals surface area contributed by atoms with E-state index in [1.54, 1.807) is 0 Å². The Morgan fingerprint density at radius 3 is 2.47 bits per heavy atom. The molecular formula is C9H7F2NO5. The molecule has 0 atom stereocenters. The van der Waals surface area contributed by atoms with Gasteiger partial charge in [-0.05, 0) is 0 Å². The second kappa shape index (κ2) is 5.19. The van der Waals surface area contributed by atoms with Crippen LogP contribution in [0.5, 0.6) is 11.5 Å². The summed E-state index contributed by atoms with van der Waals surface area (Å²) in [6.45, 7) is -3.15. The van der Waals surface area contributed by atoms with Crippen molar-refractivity contribution in [2.45, 2.75) is 6.61 Å².